The van der Waals surface area contributed by atoms with E-state index in [4.69, 9.17) is 0 Å². The second-order valence-corrected chi connectivity index (χ2v) is 5.95. The van der Waals surface area contributed by atoms with Crippen LogP contribution in [0.1, 0.15) is 32.6 Å². The minimum absolute atomic E-state index is 0.0979. The summed E-state index contributed by atoms with van der Waals surface area (Å²) in [4.78, 5) is 29.7. The molecule has 0 saturated carbocycles. The highest BCUT2D eigenvalue weighted by atomic mass is 16.4. The van der Waals surface area contributed by atoms with Gasteiger partial charge in [0.2, 0.25) is 0 Å². The van der Waals surface area contributed by atoms with Crippen LogP contribution in [0.3, 0.4) is 0 Å². The second kappa shape index (κ2) is 6.43. The Balaban J connectivity index is 2.07. The lowest BCUT2D eigenvalue weighted by atomic mass is 10.1. The topological polar surface area (TPSA) is 64.1 Å². The van der Waals surface area contributed by atoms with Gasteiger partial charge in [-0.15, -0.1) is 0 Å². The van der Waals surface area contributed by atoms with Crippen molar-refractivity contribution in [2.45, 2.75) is 44.7 Å². The third kappa shape index (κ3) is 3.23. The summed E-state index contributed by atoms with van der Waals surface area (Å²) in [5.41, 5.74) is 0. The van der Waals surface area contributed by atoms with Crippen LogP contribution in [0.4, 0.5) is 4.79 Å². The fourth-order valence-electron chi connectivity index (χ4n) is 3.00. The lowest BCUT2D eigenvalue weighted by molar-refractivity contribution is -0.142. The maximum atomic E-state index is 12.6. The van der Waals surface area contributed by atoms with Crippen LogP contribution in [0.2, 0.25) is 0 Å². The molecule has 1 N–H and O–H groups in total. The molecule has 0 spiro atoms. The molecule has 2 unspecified atom stereocenters. The van der Waals surface area contributed by atoms with Crippen LogP contribution >= 0.6 is 0 Å². The van der Waals surface area contributed by atoms with Gasteiger partial charge in [0.25, 0.3) is 0 Å². The predicted molar refractivity (Wildman–Crippen MR) is 75.7 cm³/mol. The summed E-state index contributed by atoms with van der Waals surface area (Å²) in [5, 5.41) is 9.35. The SMILES string of the molecule is CC1CN(C(=O)N2CCCCCC2C(=O)O)CCN1C. The van der Waals surface area contributed by atoms with Gasteiger partial charge in [-0.25, -0.2) is 9.59 Å². The zero-order chi connectivity index (χ0) is 14.7. The van der Waals surface area contributed by atoms with Crippen molar-refractivity contribution in [3.8, 4) is 0 Å². The zero-order valence-corrected chi connectivity index (χ0v) is 12.4. The van der Waals surface area contributed by atoms with Gasteiger partial charge in [-0.3, -0.25) is 0 Å². The van der Waals surface area contributed by atoms with Crippen molar-refractivity contribution in [1.82, 2.24) is 14.7 Å². The highest BCUT2D eigenvalue weighted by molar-refractivity contribution is 5.82. The van der Waals surface area contributed by atoms with Crippen molar-refractivity contribution in [3.05, 3.63) is 0 Å². The average molecular weight is 283 g/mol. The van der Waals surface area contributed by atoms with Crippen LogP contribution in [-0.2, 0) is 4.79 Å². The molecule has 2 atom stereocenters. The first-order valence-corrected chi connectivity index (χ1v) is 7.49. The largest absolute Gasteiger partial charge is 0.480 e. The first kappa shape index (κ1) is 15.1. The first-order valence-electron chi connectivity index (χ1n) is 7.49. The van der Waals surface area contributed by atoms with Gasteiger partial charge in [0, 0.05) is 32.2 Å². The molecule has 0 aromatic heterocycles. The standard InChI is InChI=1S/C14H25N3O3/c1-11-10-16(9-8-15(11)2)14(20)17-7-5-3-4-6-12(17)13(18)19/h11-12H,3-10H2,1-2H3,(H,18,19). The molecule has 2 amide bonds. The van der Waals surface area contributed by atoms with E-state index in [1.165, 1.54) is 0 Å². The molecule has 2 heterocycles. The third-order valence-corrected chi connectivity index (χ3v) is 4.51. The fraction of sp³-hybridized carbons (Fsp3) is 0.857. The van der Waals surface area contributed by atoms with Crippen LogP contribution in [0.15, 0.2) is 0 Å². The molecule has 6 nitrogen and oxygen atoms in total. The summed E-state index contributed by atoms with van der Waals surface area (Å²) in [5.74, 6) is -0.873. The molecule has 0 aromatic carbocycles. The Morgan fingerprint density at radius 2 is 1.85 bits per heavy atom. The Bertz CT molecular complexity index is 375. The minimum atomic E-state index is -0.873. The van der Waals surface area contributed by atoms with Gasteiger partial charge in [0.1, 0.15) is 6.04 Å². The normalized spacial score (nSPS) is 29.1. The van der Waals surface area contributed by atoms with E-state index in [2.05, 4.69) is 18.9 Å². The lowest BCUT2D eigenvalue weighted by Crippen LogP contribution is -2.57. The molecule has 2 saturated heterocycles. The maximum Gasteiger partial charge on any atom is 0.326 e. The third-order valence-electron chi connectivity index (χ3n) is 4.51. The number of carbonyl (C=O) groups excluding carboxylic acids is 1. The van der Waals surface area contributed by atoms with Crippen molar-refractivity contribution < 1.29 is 14.7 Å². The molecule has 2 aliphatic rings. The molecule has 20 heavy (non-hydrogen) atoms. The summed E-state index contributed by atoms with van der Waals surface area (Å²) < 4.78 is 0. The maximum absolute atomic E-state index is 12.6. The van der Waals surface area contributed by atoms with E-state index in [0.717, 1.165) is 25.8 Å². The van der Waals surface area contributed by atoms with Crippen molar-refractivity contribution in [2.75, 3.05) is 33.2 Å². The van der Waals surface area contributed by atoms with Crippen LogP contribution in [0.25, 0.3) is 0 Å². The van der Waals surface area contributed by atoms with E-state index in [9.17, 15) is 14.7 Å². The van der Waals surface area contributed by atoms with Crippen molar-refractivity contribution in [3.63, 3.8) is 0 Å². The monoisotopic (exact) mass is 283 g/mol. The Kier molecular flexibility index (Phi) is 4.86. The number of piperazine rings is 1. The van der Waals surface area contributed by atoms with E-state index in [1.807, 2.05) is 4.90 Å². The van der Waals surface area contributed by atoms with Gasteiger partial charge in [-0.2, -0.15) is 0 Å². The number of amides is 2. The highest BCUT2D eigenvalue weighted by Gasteiger charge is 2.35. The zero-order valence-electron chi connectivity index (χ0n) is 12.4. The van der Waals surface area contributed by atoms with Gasteiger partial charge in [0.05, 0.1) is 0 Å². The minimum Gasteiger partial charge on any atom is -0.480 e. The Hall–Kier alpha value is -1.30. The number of urea groups is 1. The number of likely N-dealkylation sites (N-methyl/N-ethyl adjacent to an activating group) is 1. The molecule has 114 valence electrons. The van der Waals surface area contributed by atoms with Gasteiger partial charge in [0.15, 0.2) is 0 Å². The van der Waals surface area contributed by atoms with Crippen LogP contribution in [-0.4, -0.2) is 77.1 Å². The number of carboxylic acid groups (broad SMARTS) is 1. The molecule has 6 heteroatoms. The van der Waals surface area contributed by atoms with Gasteiger partial charge >= 0.3 is 12.0 Å². The number of rotatable bonds is 1. The van der Waals surface area contributed by atoms with Gasteiger partial charge < -0.3 is 19.8 Å². The Morgan fingerprint density at radius 1 is 1.10 bits per heavy atom. The number of hydrogen-bond donors (Lipinski definition) is 1. The lowest BCUT2D eigenvalue weighted by Gasteiger charge is -2.40. The van der Waals surface area contributed by atoms with Crippen molar-refractivity contribution in [2.24, 2.45) is 0 Å². The summed E-state index contributed by atoms with van der Waals surface area (Å²) in [6.07, 6.45) is 3.37. The van der Waals surface area contributed by atoms with E-state index in [1.54, 1.807) is 4.90 Å². The second-order valence-electron chi connectivity index (χ2n) is 5.95. The van der Waals surface area contributed by atoms with Crippen molar-refractivity contribution in [1.29, 1.82) is 0 Å². The predicted octanol–water partition coefficient (Wildman–Crippen LogP) is 1.07. The molecule has 2 fully saturated rings. The average Bonchev–Trinajstić information content (AvgIpc) is 2.66. The van der Waals surface area contributed by atoms with E-state index < -0.39 is 12.0 Å². The molecule has 0 radical (unpaired) electrons. The summed E-state index contributed by atoms with van der Waals surface area (Å²) in [6, 6.07) is -0.429. The highest BCUT2D eigenvalue weighted by Crippen LogP contribution is 2.20. The van der Waals surface area contributed by atoms with E-state index in [-0.39, 0.29) is 6.03 Å². The van der Waals surface area contributed by atoms with Crippen molar-refractivity contribution >= 4 is 12.0 Å². The molecule has 2 rings (SSSR count). The summed E-state index contributed by atoms with van der Waals surface area (Å²) in [6.45, 7) is 4.87. The number of carboxylic acids is 1. The summed E-state index contributed by atoms with van der Waals surface area (Å²) in [7, 11) is 2.05. The first-order chi connectivity index (χ1) is 9.50. The number of hydrogen-bond acceptors (Lipinski definition) is 3. The smallest absolute Gasteiger partial charge is 0.326 e. The van der Waals surface area contributed by atoms with Crippen LogP contribution < -0.4 is 0 Å². The number of aliphatic carboxylic acids is 1. The molecule has 0 aliphatic carbocycles. The van der Waals surface area contributed by atoms with Gasteiger partial charge in [-0.1, -0.05) is 12.8 Å². The van der Waals surface area contributed by atoms with E-state index in [0.29, 0.717) is 32.1 Å². The van der Waals surface area contributed by atoms with E-state index >= 15 is 0 Å². The fourth-order valence-corrected chi connectivity index (χ4v) is 3.00. The Morgan fingerprint density at radius 3 is 2.50 bits per heavy atom. The number of nitrogens with zero attached hydrogens (tertiary/aromatic N) is 3. The van der Waals surface area contributed by atoms with Crippen LogP contribution in [0, 0.1) is 0 Å². The summed E-state index contributed by atoms with van der Waals surface area (Å²) >= 11 is 0. The molecular weight excluding hydrogens is 258 g/mol. The molecule has 2 aliphatic heterocycles. The molecule has 0 bridgehead atoms. The van der Waals surface area contributed by atoms with Crippen LogP contribution in [0.5, 0.6) is 0 Å². The quantitative estimate of drug-likeness (QED) is 0.782. The number of likely N-dealkylation sites (tertiary alicyclic amines) is 1. The number of carbonyl (C=O) groups is 2. The Labute approximate surface area is 120 Å². The van der Waals surface area contributed by atoms with Gasteiger partial charge in [-0.05, 0) is 26.8 Å². The molecule has 0 aromatic rings. The molecular formula is C14H25N3O3.